The molecule has 5 heteroatoms. The summed E-state index contributed by atoms with van der Waals surface area (Å²) in [7, 11) is 0. The van der Waals surface area contributed by atoms with Gasteiger partial charge >= 0.3 is 0 Å². The van der Waals surface area contributed by atoms with E-state index in [1.807, 2.05) is 24.4 Å². The van der Waals surface area contributed by atoms with Crippen LogP contribution in [-0.4, -0.2) is 22.7 Å². The average molecular weight is 431 g/mol. The van der Waals surface area contributed by atoms with Crippen molar-refractivity contribution < 1.29 is 9.84 Å². The van der Waals surface area contributed by atoms with Gasteiger partial charge in [-0.25, -0.2) is 0 Å². The minimum absolute atomic E-state index is 0.00749. The zero-order valence-electron chi connectivity index (χ0n) is 17.1. The van der Waals surface area contributed by atoms with Gasteiger partial charge in [0.05, 0.1) is 12.3 Å². The molecule has 31 heavy (non-hydrogen) atoms. The summed E-state index contributed by atoms with van der Waals surface area (Å²) in [6.45, 7) is 1.01. The van der Waals surface area contributed by atoms with Crippen molar-refractivity contribution in [2.45, 2.75) is 43.4 Å². The van der Waals surface area contributed by atoms with Gasteiger partial charge in [-0.1, -0.05) is 35.9 Å². The Morgan fingerprint density at radius 2 is 1.97 bits per heavy atom. The summed E-state index contributed by atoms with van der Waals surface area (Å²) >= 11 is 6.08. The molecule has 1 spiro atoms. The number of nitrogens with one attached hydrogen (secondary N) is 1. The van der Waals surface area contributed by atoms with Crippen molar-refractivity contribution >= 4 is 11.6 Å². The number of fused-ring (bicyclic) bond motifs is 2. The number of nitrogens with zero attached hydrogens (tertiary/aromatic N) is 1. The number of aliphatic hydroxyl groups is 1. The van der Waals surface area contributed by atoms with E-state index in [-0.39, 0.29) is 18.1 Å². The first kappa shape index (κ1) is 18.2. The molecule has 2 aliphatic carbocycles. The Balaban J connectivity index is 1.42. The van der Waals surface area contributed by atoms with Crippen LogP contribution in [0.2, 0.25) is 5.02 Å². The van der Waals surface area contributed by atoms with Crippen LogP contribution in [0.3, 0.4) is 0 Å². The molecular formula is C26H23ClN2O2. The van der Waals surface area contributed by atoms with E-state index in [2.05, 4.69) is 29.6 Å². The number of aliphatic hydroxyl groups excluding tert-OH is 1. The number of hydrogen-bond donors (Lipinski definition) is 2. The summed E-state index contributed by atoms with van der Waals surface area (Å²) in [6.07, 6.45) is 4.97. The lowest BCUT2D eigenvalue weighted by atomic mass is 9.52. The number of ether oxygens (including phenoxy) is 1. The molecule has 0 saturated carbocycles. The van der Waals surface area contributed by atoms with E-state index in [1.165, 1.54) is 16.7 Å². The maximum atomic E-state index is 9.99. The lowest BCUT2D eigenvalue weighted by Crippen LogP contribution is -2.61. The monoisotopic (exact) mass is 430 g/mol. The van der Waals surface area contributed by atoms with Gasteiger partial charge in [0.2, 0.25) is 0 Å². The molecule has 7 rings (SSSR count). The Labute approximate surface area is 186 Å². The maximum absolute atomic E-state index is 9.99. The van der Waals surface area contributed by atoms with E-state index < -0.39 is 0 Å². The minimum Gasteiger partial charge on any atom is -0.482 e. The molecule has 4 aliphatic rings. The topological polar surface area (TPSA) is 54.4 Å². The quantitative estimate of drug-likeness (QED) is 0.634. The van der Waals surface area contributed by atoms with Gasteiger partial charge in [0.1, 0.15) is 5.75 Å². The van der Waals surface area contributed by atoms with E-state index in [1.54, 1.807) is 0 Å². The average Bonchev–Trinajstić information content (AvgIpc) is 3.13. The van der Waals surface area contributed by atoms with Crippen molar-refractivity contribution in [3.63, 3.8) is 0 Å². The number of aromatic nitrogens is 1. The van der Waals surface area contributed by atoms with Crippen LogP contribution in [0.4, 0.5) is 0 Å². The molecule has 0 radical (unpaired) electrons. The third-order valence-corrected chi connectivity index (χ3v) is 8.32. The number of rotatable bonds is 2. The highest BCUT2D eigenvalue weighted by Crippen LogP contribution is 2.65. The number of benzene rings is 2. The van der Waals surface area contributed by atoms with Crippen molar-refractivity contribution in [1.82, 2.24) is 10.3 Å². The van der Waals surface area contributed by atoms with E-state index in [0.29, 0.717) is 12.0 Å². The second kappa shape index (κ2) is 6.32. The van der Waals surface area contributed by atoms with Crippen LogP contribution in [0.15, 0.2) is 48.7 Å². The van der Waals surface area contributed by atoms with Gasteiger partial charge in [-0.05, 0) is 66.6 Å². The third-order valence-electron chi connectivity index (χ3n) is 8.06. The van der Waals surface area contributed by atoms with E-state index in [9.17, 15) is 5.11 Å². The molecule has 4 nitrogen and oxygen atoms in total. The van der Waals surface area contributed by atoms with Crippen molar-refractivity contribution in [2.24, 2.45) is 5.92 Å². The molecule has 2 aromatic carbocycles. The fourth-order valence-electron chi connectivity index (χ4n) is 6.78. The predicted molar refractivity (Wildman–Crippen MR) is 119 cm³/mol. The zero-order chi connectivity index (χ0) is 20.7. The first-order valence-corrected chi connectivity index (χ1v) is 11.5. The second-order valence-corrected chi connectivity index (χ2v) is 9.82. The third kappa shape index (κ3) is 2.30. The van der Waals surface area contributed by atoms with Crippen LogP contribution in [0.1, 0.15) is 40.5 Å². The summed E-state index contributed by atoms with van der Waals surface area (Å²) in [5.74, 6) is 1.40. The molecule has 2 N–H and O–H groups in total. The lowest BCUT2D eigenvalue weighted by molar-refractivity contribution is 0.0251. The summed E-state index contributed by atoms with van der Waals surface area (Å²) in [6, 6.07) is 14.9. The molecule has 3 aromatic rings. The van der Waals surface area contributed by atoms with Crippen LogP contribution in [0, 0.1) is 5.92 Å². The first-order valence-electron chi connectivity index (χ1n) is 11.1. The van der Waals surface area contributed by atoms with Gasteiger partial charge in [-0.15, -0.1) is 0 Å². The number of piperidine rings is 1. The second-order valence-electron chi connectivity index (χ2n) is 9.38. The molecule has 1 unspecified atom stereocenters. The lowest BCUT2D eigenvalue weighted by Gasteiger charge is -2.54. The Morgan fingerprint density at radius 3 is 2.81 bits per heavy atom. The molecule has 156 valence electrons. The zero-order valence-corrected chi connectivity index (χ0v) is 17.8. The summed E-state index contributed by atoms with van der Waals surface area (Å²) in [5, 5.41) is 14.5. The van der Waals surface area contributed by atoms with E-state index in [4.69, 9.17) is 21.3 Å². The molecule has 4 atom stereocenters. The molecule has 2 aliphatic heterocycles. The van der Waals surface area contributed by atoms with Crippen molar-refractivity contribution in [3.8, 4) is 16.9 Å². The smallest absolute Gasteiger partial charge is 0.151 e. The van der Waals surface area contributed by atoms with Crippen LogP contribution in [-0.2, 0) is 24.9 Å². The van der Waals surface area contributed by atoms with Gasteiger partial charge in [-0.2, -0.15) is 0 Å². The molecule has 2 bridgehead atoms. The largest absolute Gasteiger partial charge is 0.482 e. The van der Waals surface area contributed by atoms with Crippen molar-refractivity contribution in [3.05, 3.63) is 81.6 Å². The molecule has 3 heterocycles. The van der Waals surface area contributed by atoms with Gasteiger partial charge in [0.15, 0.2) is 6.10 Å². The van der Waals surface area contributed by atoms with E-state index >= 15 is 0 Å². The Kier molecular flexibility index (Phi) is 3.71. The highest BCUT2D eigenvalue weighted by molar-refractivity contribution is 6.30. The Morgan fingerprint density at radius 1 is 1.10 bits per heavy atom. The van der Waals surface area contributed by atoms with Gasteiger partial charge in [0.25, 0.3) is 0 Å². The predicted octanol–water partition coefficient (Wildman–Crippen LogP) is 4.36. The molecule has 1 aromatic heterocycles. The van der Waals surface area contributed by atoms with Crippen molar-refractivity contribution in [1.29, 1.82) is 0 Å². The molecule has 0 amide bonds. The first-order chi connectivity index (χ1) is 15.2. The van der Waals surface area contributed by atoms with Crippen LogP contribution >= 0.6 is 11.6 Å². The molecule has 1 saturated heterocycles. The summed E-state index contributed by atoms with van der Waals surface area (Å²) < 4.78 is 6.72. The summed E-state index contributed by atoms with van der Waals surface area (Å²) in [5.41, 5.74) is 8.21. The Bertz CT molecular complexity index is 1220. The SMILES string of the molecule is OCc1ccc2c3c1O[C@H]1c4ncc(-c5ccc(Cl)cc5)cc4C[C@H]4C(C2)NCC[C@]314. The minimum atomic E-state index is -0.0770. The Hall–Kier alpha value is -2.40. The van der Waals surface area contributed by atoms with Crippen molar-refractivity contribution in [2.75, 3.05) is 6.54 Å². The normalized spacial score (nSPS) is 29.2. The number of hydrogen-bond acceptors (Lipinski definition) is 4. The fourth-order valence-corrected chi connectivity index (χ4v) is 6.91. The van der Waals surface area contributed by atoms with E-state index in [0.717, 1.165) is 59.0 Å². The highest BCUT2D eigenvalue weighted by Gasteiger charge is 2.63. The maximum Gasteiger partial charge on any atom is 0.151 e. The standard InChI is InChI=1S/C26H23ClN2O2/c27-19-5-3-14(4-6-19)18-9-17-10-20-21-11-15-1-2-16(13-30)24-22(15)26(20,7-8-28-21)25(31-24)23(17)29-12-18/h1-6,9,12,20-21,25,28,30H,7-8,10-11,13H2/t20-,21?,25-,26-/m0/s1. The number of pyridine rings is 1. The molecular weight excluding hydrogens is 408 g/mol. The van der Waals surface area contributed by atoms with Gasteiger partial charge < -0.3 is 15.2 Å². The fraction of sp³-hybridized carbons (Fsp3) is 0.346. The summed E-state index contributed by atoms with van der Waals surface area (Å²) in [4.78, 5) is 4.99. The van der Waals surface area contributed by atoms with Crippen LogP contribution in [0.5, 0.6) is 5.75 Å². The number of halogens is 1. The highest BCUT2D eigenvalue weighted by atomic mass is 35.5. The molecule has 1 fully saturated rings. The van der Waals surface area contributed by atoms with Gasteiger partial charge in [-0.3, -0.25) is 4.98 Å². The van der Waals surface area contributed by atoms with Crippen LogP contribution in [0.25, 0.3) is 11.1 Å². The van der Waals surface area contributed by atoms with Crippen LogP contribution < -0.4 is 10.1 Å². The van der Waals surface area contributed by atoms with Gasteiger partial charge in [0, 0.05) is 39.4 Å².